The second-order valence-corrected chi connectivity index (χ2v) is 7.38. The van der Waals surface area contributed by atoms with Crippen LogP contribution in [0.1, 0.15) is 46.9 Å². The smallest absolute Gasteiger partial charge is 0.191 e. The van der Waals surface area contributed by atoms with Gasteiger partial charge in [0.25, 0.3) is 0 Å². The molecule has 8 heteroatoms. The summed E-state index contributed by atoms with van der Waals surface area (Å²) in [5.74, 6) is 2.02. The fourth-order valence-corrected chi connectivity index (χ4v) is 3.70. The van der Waals surface area contributed by atoms with Gasteiger partial charge in [-0.2, -0.15) is 0 Å². The van der Waals surface area contributed by atoms with E-state index in [9.17, 15) is 0 Å². The van der Waals surface area contributed by atoms with E-state index in [2.05, 4.69) is 52.1 Å². The van der Waals surface area contributed by atoms with Gasteiger partial charge in [-0.25, -0.2) is 15.0 Å². The first-order chi connectivity index (χ1) is 11.7. The first-order valence-corrected chi connectivity index (χ1v) is 9.47. The number of aryl methyl sites for hydroxylation is 4. The first-order valence-electron chi connectivity index (χ1n) is 8.65. The molecule has 2 N–H and O–H groups in total. The lowest BCUT2D eigenvalue weighted by atomic mass is 10.2. The minimum absolute atomic E-state index is 0. The molecule has 6 nitrogen and oxygen atoms in total. The molecule has 1 aliphatic rings. The van der Waals surface area contributed by atoms with E-state index in [1.807, 2.05) is 0 Å². The fourth-order valence-electron chi connectivity index (χ4n) is 2.82. The van der Waals surface area contributed by atoms with Gasteiger partial charge in [-0.1, -0.05) is 0 Å². The number of guanidine groups is 1. The molecule has 0 aromatic carbocycles. The molecule has 0 amide bonds. The molecule has 0 fully saturated rings. The van der Waals surface area contributed by atoms with Crippen molar-refractivity contribution in [2.24, 2.45) is 4.99 Å². The van der Waals surface area contributed by atoms with Gasteiger partial charge in [-0.05, 0) is 33.6 Å². The lowest BCUT2D eigenvalue weighted by Crippen LogP contribution is -2.36. The molecular formula is C17H27IN6S. The van der Waals surface area contributed by atoms with Crippen LogP contribution in [0.2, 0.25) is 0 Å². The van der Waals surface area contributed by atoms with Crippen LogP contribution in [0.5, 0.6) is 0 Å². The number of halogens is 1. The van der Waals surface area contributed by atoms with E-state index < -0.39 is 0 Å². The molecule has 2 aromatic heterocycles. The highest BCUT2D eigenvalue weighted by atomic mass is 127. The van der Waals surface area contributed by atoms with E-state index in [-0.39, 0.29) is 24.0 Å². The standard InChI is InChI=1S/C17H26N6S.HI/c1-4-18-17(20-10-16-21-12(2)13(3)24-16)19-9-14-11-23-8-6-5-7-15(23)22-14;/h11H,4-10H2,1-3H3,(H2,18,19,20);1H. The number of imidazole rings is 1. The Labute approximate surface area is 170 Å². The number of nitrogens with one attached hydrogen (secondary N) is 2. The van der Waals surface area contributed by atoms with E-state index in [0.29, 0.717) is 13.1 Å². The molecule has 3 heterocycles. The SMILES string of the molecule is CCNC(=NCc1cn2c(n1)CCCC2)NCc1nc(C)c(C)s1.I. The maximum absolute atomic E-state index is 4.71. The molecule has 0 aliphatic carbocycles. The fraction of sp³-hybridized carbons (Fsp3) is 0.588. The Morgan fingerprint density at radius 3 is 2.80 bits per heavy atom. The van der Waals surface area contributed by atoms with Crippen molar-refractivity contribution in [2.75, 3.05) is 6.54 Å². The van der Waals surface area contributed by atoms with Crippen LogP contribution >= 0.6 is 35.3 Å². The van der Waals surface area contributed by atoms with Crippen LogP contribution in [0.15, 0.2) is 11.2 Å². The molecule has 0 bridgehead atoms. The summed E-state index contributed by atoms with van der Waals surface area (Å²) in [6.45, 7) is 9.46. The zero-order chi connectivity index (χ0) is 16.9. The molecule has 0 saturated heterocycles. The zero-order valence-electron chi connectivity index (χ0n) is 15.1. The summed E-state index contributed by atoms with van der Waals surface area (Å²) < 4.78 is 2.27. The van der Waals surface area contributed by atoms with Crippen molar-refractivity contribution in [1.29, 1.82) is 0 Å². The molecule has 3 rings (SSSR count). The van der Waals surface area contributed by atoms with Crippen LogP contribution in [0, 0.1) is 13.8 Å². The summed E-state index contributed by atoms with van der Waals surface area (Å²) in [4.78, 5) is 15.2. The van der Waals surface area contributed by atoms with Gasteiger partial charge >= 0.3 is 0 Å². The van der Waals surface area contributed by atoms with E-state index in [1.54, 1.807) is 11.3 Å². The van der Waals surface area contributed by atoms with Crippen molar-refractivity contribution < 1.29 is 0 Å². The maximum atomic E-state index is 4.71. The highest BCUT2D eigenvalue weighted by molar-refractivity contribution is 14.0. The number of thiazole rings is 1. The van der Waals surface area contributed by atoms with E-state index in [1.165, 1.54) is 23.5 Å². The Kier molecular flexibility index (Phi) is 7.67. The monoisotopic (exact) mass is 474 g/mol. The van der Waals surface area contributed by atoms with Crippen LogP contribution in [0.4, 0.5) is 0 Å². The predicted octanol–water partition coefficient (Wildman–Crippen LogP) is 3.17. The molecule has 0 spiro atoms. The molecular weight excluding hydrogens is 447 g/mol. The highest BCUT2D eigenvalue weighted by Crippen LogP contribution is 2.16. The van der Waals surface area contributed by atoms with Crippen molar-refractivity contribution >= 4 is 41.3 Å². The molecule has 25 heavy (non-hydrogen) atoms. The van der Waals surface area contributed by atoms with Gasteiger partial charge in [0.05, 0.1) is 24.5 Å². The number of aromatic nitrogens is 3. The van der Waals surface area contributed by atoms with Crippen molar-refractivity contribution in [2.45, 2.75) is 59.7 Å². The molecule has 2 aromatic rings. The van der Waals surface area contributed by atoms with Crippen molar-refractivity contribution in [3.05, 3.63) is 33.3 Å². The minimum Gasteiger partial charge on any atom is -0.357 e. The maximum Gasteiger partial charge on any atom is 0.191 e. The summed E-state index contributed by atoms with van der Waals surface area (Å²) in [5, 5.41) is 7.74. The second-order valence-electron chi connectivity index (χ2n) is 6.10. The van der Waals surface area contributed by atoms with Gasteiger partial charge < -0.3 is 15.2 Å². The Hall–Kier alpha value is -1.16. The quantitative estimate of drug-likeness (QED) is 0.397. The van der Waals surface area contributed by atoms with Gasteiger partial charge in [-0.3, -0.25) is 0 Å². The Morgan fingerprint density at radius 1 is 1.28 bits per heavy atom. The minimum atomic E-state index is 0. The van der Waals surface area contributed by atoms with Gasteiger partial charge in [0.2, 0.25) is 0 Å². The number of nitrogens with zero attached hydrogens (tertiary/aromatic N) is 4. The molecule has 0 radical (unpaired) electrons. The topological polar surface area (TPSA) is 67.1 Å². The normalized spacial score (nSPS) is 14.0. The van der Waals surface area contributed by atoms with Crippen molar-refractivity contribution in [3.8, 4) is 0 Å². The molecule has 0 atom stereocenters. The zero-order valence-corrected chi connectivity index (χ0v) is 18.3. The summed E-state index contributed by atoms with van der Waals surface area (Å²) >= 11 is 1.74. The summed E-state index contributed by atoms with van der Waals surface area (Å²) in [7, 11) is 0. The molecule has 0 unspecified atom stereocenters. The predicted molar refractivity (Wildman–Crippen MR) is 114 cm³/mol. The lowest BCUT2D eigenvalue weighted by molar-refractivity contribution is 0.522. The lowest BCUT2D eigenvalue weighted by Gasteiger charge is -2.11. The number of aliphatic imine (C=N–C) groups is 1. The third-order valence-electron chi connectivity index (χ3n) is 4.18. The number of rotatable bonds is 5. The second kappa shape index (κ2) is 9.51. The number of hydrogen-bond donors (Lipinski definition) is 2. The van der Waals surface area contributed by atoms with Crippen LogP contribution in [-0.2, 0) is 26.1 Å². The van der Waals surface area contributed by atoms with E-state index in [0.717, 1.165) is 41.9 Å². The Morgan fingerprint density at radius 2 is 2.12 bits per heavy atom. The van der Waals surface area contributed by atoms with Gasteiger partial charge in [0.1, 0.15) is 10.8 Å². The van der Waals surface area contributed by atoms with Crippen molar-refractivity contribution in [1.82, 2.24) is 25.2 Å². The van der Waals surface area contributed by atoms with Gasteiger partial charge in [0.15, 0.2) is 5.96 Å². The highest BCUT2D eigenvalue weighted by Gasteiger charge is 2.12. The Balaban J connectivity index is 0.00000225. The average molecular weight is 474 g/mol. The van der Waals surface area contributed by atoms with E-state index in [4.69, 9.17) is 4.98 Å². The van der Waals surface area contributed by atoms with Gasteiger partial charge in [-0.15, -0.1) is 35.3 Å². The summed E-state index contributed by atoms with van der Waals surface area (Å²) in [5.41, 5.74) is 2.16. The summed E-state index contributed by atoms with van der Waals surface area (Å²) in [6.07, 6.45) is 5.74. The number of hydrogen-bond acceptors (Lipinski definition) is 4. The van der Waals surface area contributed by atoms with Gasteiger partial charge in [0, 0.05) is 30.6 Å². The molecule has 0 saturated carbocycles. The van der Waals surface area contributed by atoms with Crippen molar-refractivity contribution in [3.63, 3.8) is 0 Å². The third-order valence-corrected chi connectivity index (χ3v) is 5.25. The number of fused-ring (bicyclic) bond motifs is 1. The largest absolute Gasteiger partial charge is 0.357 e. The third kappa shape index (κ3) is 5.40. The average Bonchev–Trinajstić information content (AvgIpc) is 3.13. The Bertz CT molecular complexity index is 678. The molecule has 1 aliphatic heterocycles. The van der Waals surface area contributed by atoms with Crippen LogP contribution in [0.25, 0.3) is 0 Å². The van der Waals surface area contributed by atoms with Crippen LogP contribution < -0.4 is 10.6 Å². The van der Waals surface area contributed by atoms with E-state index >= 15 is 0 Å². The van der Waals surface area contributed by atoms with Crippen LogP contribution in [-0.4, -0.2) is 27.0 Å². The molecule has 138 valence electrons. The summed E-state index contributed by atoms with van der Waals surface area (Å²) in [6, 6.07) is 0. The van der Waals surface area contributed by atoms with Crippen LogP contribution in [0.3, 0.4) is 0 Å². The first kappa shape index (κ1) is 20.2.